The van der Waals surface area contributed by atoms with Crippen LogP contribution < -0.4 is 10.1 Å². The maximum atomic E-state index is 12.2. The molecule has 1 aliphatic rings. The molecule has 2 N–H and O–H groups in total. The number of Topliss-reactive ketones (excluding diaryl/α,β-unsaturated/α-hetero) is 1. The number of hydrogen-bond acceptors (Lipinski definition) is 6. The topological polar surface area (TPSA) is 101 Å². The molecule has 3 aromatic rings. The van der Waals surface area contributed by atoms with Crippen LogP contribution in [0.5, 0.6) is 11.5 Å². The van der Waals surface area contributed by atoms with Gasteiger partial charge in [-0.2, -0.15) is 0 Å². The third-order valence-electron chi connectivity index (χ3n) is 5.21. The van der Waals surface area contributed by atoms with Crippen molar-refractivity contribution >= 4 is 27.1 Å². The van der Waals surface area contributed by atoms with Crippen molar-refractivity contribution in [3.63, 3.8) is 0 Å². The number of ketones is 1. The lowest BCUT2D eigenvalue weighted by Crippen LogP contribution is -2.10. The predicted molar refractivity (Wildman–Crippen MR) is 114 cm³/mol. The van der Waals surface area contributed by atoms with Crippen molar-refractivity contribution < 1.29 is 17.9 Å². The number of sulfone groups is 1. The largest absolute Gasteiger partial charge is 0.457 e. The SMILES string of the molecule is CS(=O)(=O)c1ccc(Oc2ccc(Nc3cnc[nH]3)cc2CC2CCCC2=O)cc1. The number of nitrogens with zero attached hydrogens (tertiary/aromatic N) is 1. The minimum absolute atomic E-state index is 0.00219. The van der Waals surface area contributed by atoms with Crippen molar-refractivity contribution in [2.45, 2.75) is 30.6 Å². The van der Waals surface area contributed by atoms with E-state index in [0.717, 1.165) is 29.9 Å². The van der Waals surface area contributed by atoms with Crippen LogP contribution in [0.25, 0.3) is 0 Å². The molecular weight excluding hydrogens is 402 g/mol. The quantitative estimate of drug-likeness (QED) is 0.586. The summed E-state index contributed by atoms with van der Waals surface area (Å²) in [5, 5.41) is 3.25. The number of carbonyl (C=O) groups excluding carboxylic acids is 1. The summed E-state index contributed by atoms with van der Waals surface area (Å²) in [7, 11) is -3.26. The van der Waals surface area contributed by atoms with Crippen LogP contribution in [-0.4, -0.2) is 30.4 Å². The van der Waals surface area contributed by atoms with Gasteiger partial charge in [0, 0.05) is 24.3 Å². The monoisotopic (exact) mass is 425 g/mol. The molecule has 1 saturated carbocycles. The van der Waals surface area contributed by atoms with Crippen LogP contribution in [0.2, 0.25) is 0 Å². The Morgan fingerprint density at radius 2 is 2.00 bits per heavy atom. The number of aromatic amines is 1. The number of hydrogen-bond donors (Lipinski definition) is 2. The summed E-state index contributed by atoms with van der Waals surface area (Å²) in [5.41, 5.74) is 1.78. The number of aromatic nitrogens is 2. The molecule has 7 nitrogen and oxygen atoms in total. The van der Waals surface area contributed by atoms with Crippen LogP contribution in [0.4, 0.5) is 11.5 Å². The summed E-state index contributed by atoms with van der Waals surface area (Å²) in [6.45, 7) is 0. The number of anilines is 2. The molecule has 30 heavy (non-hydrogen) atoms. The normalized spacial score (nSPS) is 16.6. The summed E-state index contributed by atoms with van der Waals surface area (Å²) in [5.74, 6) is 2.25. The van der Waals surface area contributed by atoms with Gasteiger partial charge in [-0.3, -0.25) is 4.79 Å². The molecular formula is C22H23N3O4S. The summed E-state index contributed by atoms with van der Waals surface area (Å²) >= 11 is 0. The fourth-order valence-corrected chi connectivity index (χ4v) is 4.28. The number of ether oxygens (including phenoxy) is 1. The van der Waals surface area contributed by atoms with Crippen LogP contribution in [0.1, 0.15) is 24.8 Å². The molecule has 1 aromatic heterocycles. The third kappa shape index (κ3) is 4.71. The van der Waals surface area contributed by atoms with Crippen molar-refractivity contribution in [1.29, 1.82) is 0 Å². The molecule has 0 saturated heterocycles. The van der Waals surface area contributed by atoms with Gasteiger partial charge < -0.3 is 15.0 Å². The first-order chi connectivity index (χ1) is 14.4. The Morgan fingerprint density at radius 3 is 2.63 bits per heavy atom. The van der Waals surface area contributed by atoms with Gasteiger partial charge >= 0.3 is 0 Å². The summed E-state index contributed by atoms with van der Waals surface area (Å²) in [6.07, 6.45) is 7.52. The molecule has 0 radical (unpaired) electrons. The zero-order chi connectivity index (χ0) is 21.1. The molecule has 156 valence electrons. The number of imidazole rings is 1. The Morgan fingerprint density at radius 1 is 1.20 bits per heavy atom. The van der Waals surface area contributed by atoms with E-state index in [1.54, 1.807) is 24.7 Å². The highest BCUT2D eigenvalue weighted by Gasteiger charge is 2.26. The first-order valence-electron chi connectivity index (χ1n) is 9.77. The standard InChI is InChI=1S/C22H23N3O4S/c1-30(27,28)19-8-6-18(7-9-19)29-21-10-5-17(25-22-13-23-14-24-22)12-16(21)11-15-3-2-4-20(15)26/h5-10,12-15,25H,2-4,11H2,1H3,(H,23,24). The highest BCUT2D eigenvalue weighted by Crippen LogP contribution is 2.34. The Hall–Kier alpha value is -3.13. The maximum absolute atomic E-state index is 12.2. The molecule has 1 aliphatic carbocycles. The number of rotatable bonds is 7. The lowest BCUT2D eigenvalue weighted by molar-refractivity contribution is -0.120. The molecule has 4 rings (SSSR count). The smallest absolute Gasteiger partial charge is 0.175 e. The third-order valence-corrected chi connectivity index (χ3v) is 6.34. The van der Waals surface area contributed by atoms with Crippen molar-refractivity contribution in [3.05, 3.63) is 60.6 Å². The number of nitrogens with one attached hydrogen (secondary N) is 2. The first-order valence-corrected chi connectivity index (χ1v) is 11.7. The number of benzene rings is 2. The van der Waals surface area contributed by atoms with E-state index in [1.807, 2.05) is 18.2 Å². The van der Waals surface area contributed by atoms with E-state index >= 15 is 0 Å². The van der Waals surface area contributed by atoms with Gasteiger partial charge in [-0.15, -0.1) is 0 Å². The average molecular weight is 426 g/mol. The van der Waals surface area contributed by atoms with Gasteiger partial charge in [0.1, 0.15) is 23.1 Å². The maximum Gasteiger partial charge on any atom is 0.175 e. The van der Waals surface area contributed by atoms with E-state index < -0.39 is 9.84 Å². The molecule has 1 fully saturated rings. The minimum Gasteiger partial charge on any atom is -0.457 e. The Kier molecular flexibility index (Phi) is 5.59. The Labute approximate surface area is 175 Å². The van der Waals surface area contributed by atoms with Crippen LogP contribution in [0.3, 0.4) is 0 Å². The second-order valence-corrected chi connectivity index (χ2v) is 9.53. The van der Waals surface area contributed by atoms with Gasteiger partial charge in [0.15, 0.2) is 9.84 Å². The minimum atomic E-state index is -3.26. The van der Waals surface area contributed by atoms with Gasteiger partial charge in [0.05, 0.1) is 17.4 Å². The lowest BCUT2D eigenvalue weighted by atomic mass is 9.96. The molecule has 1 unspecified atom stereocenters. The van der Waals surface area contributed by atoms with Gasteiger partial charge in [0.2, 0.25) is 0 Å². The molecule has 1 atom stereocenters. The molecule has 0 spiro atoms. The van der Waals surface area contributed by atoms with Gasteiger partial charge in [-0.25, -0.2) is 13.4 Å². The predicted octanol–water partition coefficient (Wildman–Crippen LogP) is 4.26. The number of carbonyl (C=O) groups is 1. The zero-order valence-electron chi connectivity index (χ0n) is 16.6. The molecule has 0 amide bonds. The fourth-order valence-electron chi connectivity index (χ4n) is 3.65. The highest BCUT2D eigenvalue weighted by atomic mass is 32.2. The second-order valence-electron chi connectivity index (χ2n) is 7.52. The van der Waals surface area contributed by atoms with Crippen molar-refractivity contribution in [2.24, 2.45) is 5.92 Å². The van der Waals surface area contributed by atoms with E-state index in [2.05, 4.69) is 15.3 Å². The van der Waals surface area contributed by atoms with Crippen LogP contribution >= 0.6 is 0 Å². The Bertz CT molecular complexity index is 1140. The molecule has 2 aromatic carbocycles. The van der Waals surface area contributed by atoms with Crippen LogP contribution in [0, 0.1) is 5.92 Å². The van der Waals surface area contributed by atoms with Gasteiger partial charge in [-0.05, 0) is 67.3 Å². The van der Waals surface area contributed by atoms with Crippen molar-refractivity contribution in [3.8, 4) is 11.5 Å². The number of H-pyrrole nitrogens is 1. The molecule has 0 aliphatic heterocycles. The van der Waals surface area contributed by atoms with Crippen LogP contribution in [0.15, 0.2) is 59.9 Å². The molecule has 0 bridgehead atoms. The summed E-state index contributed by atoms with van der Waals surface area (Å²) < 4.78 is 29.4. The zero-order valence-corrected chi connectivity index (χ0v) is 17.4. The van der Waals surface area contributed by atoms with Gasteiger partial charge in [0.25, 0.3) is 0 Å². The van der Waals surface area contributed by atoms with Crippen molar-refractivity contribution in [1.82, 2.24) is 9.97 Å². The second kappa shape index (κ2) is 8.31. The van der Waals surface area contributed by atoms with Crippen molar-refractivity contribution in [2.75, 3.05) is 11.6 Å². The van der Waals surface area contributed by atoms with Crippen LogP contribution in [-0.2, 0) is 21.1 Å². The highest BCUT2D eigenvalue weighted by molar-refractivity contribution is 7.90. The fraction of sp³-hybridized carbons (Fsp3) is 0.273. The van der Waals surface area contributed by atoms with E-state index in [9.17, 15) is 13.2 Å². The first kappa shape index (κ1) is 20.2. The summed E-state index contributed by atoms with van der Waals surface area (Å²) in [6, 6.07) is 12.1. The van der Waals surface area contributed by atoms with E-state index in [-0.39, 0.29) is 10.8 Å². The van der Waals surface area contributed by atoms with E-state index in [0.29, 0.717) is 30.1 Å². The van der Waals surface area contributed by atoms with Gasteiger partial charge in [-0.1, -0.05) is 0 Å². The lowest BCUT2D eigenvalue weighted by Gasteiger charge is -2.16. The molecule has 1 heterocycles. The average Bonchev–Trinajstić information content (AvgIpc) is 3.36. The Balaban J connectivity index is 1.60. The van der Waals surface area contributed by atoms with E-state index in [4.69, 9.17) is 4.74 Å². The summed E-state index contributed by atoms with van der Waals surface area (Å²) in [4.78, 5) is 19.4. The molecule has 8 heteroatoms. The van der Waals surface area contributed by atoms with E-state index in [1.165, 1.54) is 18.4 Å².